The monoisotopic (exact) mass is 272 g/mol. The first-order chi connectivity index (χ1) is 10.3. The number of hydrogen-bond donors (Lipinski definition) is 0. The van der Waals surface area contributed by atoms with Crippen LogP contribution in [0.5, 0.6) is 0 Å². The van der Waals surface area contributed by atoms with E-state index in [-0.39, 0.29) is 0 Å². The van der Waals surface area contributed by atoms with Crippen LogP contribution in [-0.4, -0.2) is 0 Å². The van der Waals surface area contributed by atoms with Gasteiger partial charge >= 0.3 is 0 Å². The second-order valence-corrected chi connectivity index (χ2v) is 5.54. The molecule has 4 rings (SSSR count). The smallest absolute Gasteiger partial charge is 0.135 e. The van der Waals surface area contributed by atoms with E-state index in [1.807, 2.05) is 12.1 Å². The third-order valence-corrected chi connectivity index (χ3v) is 4.07. The fourth-order valence-corrected chi connectivity index (χ4v) is 2.93. The summed E-state index contributed by atoms with van der Waals surface area (Å²) >= 11 is 0. The zero-order valence-electron chi connectivity index (χ0n) is 12.0. The lowest BCUT2D eigenvalue weighted by Crippen LogP contribution is -1.91. The molecule has 0 fully saturated rings. The number of benzene rings is 3. The lowest BCUT2D eigenvalue weighted by Gasteiger charge is -2.06. The second kappa shape index (κ2) is 4.78. The summed E-state index contributed by atoms with van der Waals surface area (Å²) in [6.07, 6.45) is 0.944. The first-order valence-electron chi connectivity index (χ1n) is 7.26. The highest BCUT2D eigenvalue weighted by atomic mass is 16.3. The molecule has 0 bridgehead atoms. The molecule has 1 heteroatoms. The van der Waals surface area contributed by atoms with E-state index < -0.39 is 0 Å². The van der Waals surface area contributed by atoms with Crippen LogP contribution in [0.3, 0.4) is 0 Å². The molecule has 0 N–H and O–H groups in total. The Hall–Kier alpha value is -2.54. The predicted molar refractivity (Wildman–Crippen MR) is 87.7 cm³/mol. The van der Waals surface area contributed by atoms with Gasteiger partial charge in [-0.05, 0) is 48.2 Å². The number of aryl methyl sites for hydroxylation is 1. The Bertz CT molecular complexity index is 917. The van der Waals surface area contributed by atoms with Crippen molar-refractivity contribution >= 4 is 21.9 Å². The van der Waals surface area contributed by atoms with Crippen LogP contribution in [0.4, 0.5) is 0 Å². The van der Waals surface area contributed by atoms with Gasteiger partial charge in [0, 0.05) is 10.8 Å². The van der Waals surface area contributed by atoms with Gasteiger partial charge in [-0.3, -0.25) is 0 Å². The maximum atomic E-state index is 5.99. The van der Waals surface area contributed by atoms with Crippen molar-refractivity contribution in [3.8, 4) is 0 Å². The first kappa shape index (κ1) is 12.2. The molecule has 0 unspecified atom stereocenters. The van der Waals surface area contributed by atoms with Gasteiger partial charge in [-0.2, -0.15) is 0 Å². The van der Waals surface area contributed by atoms with Gasteiger partial charge in [0.1, 0.15) is 11.2 Å². The number of para-hydroxylation sites is 1. The van der Waals surface area contributed by atoms with Gasteiger partial charge < -0.3 is 4.42 Å². The highest BCUT2D eigenvalue weighted by Crippen LogP contribution is 2.31. The molecule has 0 amide bonds. The molecule has 0 saturated heterocycles. The maximum Gasteiger partial charge on any atom is 0.135 e. The van der Waals surface area contributed by atoms with Crippen LogP contribution in [0.2, 0.25) is 0 Å². The molecule has 21 heavy (non-hydrogen) atoms. The van der Waals surface area contributed by atoms with Crippen LogP contribution in [0.1, 0.15) is 16.7 Å². The number of furan rings is 1. The molecule has 1 nitrogen and oxygen atoms in total. The Morgan fingerprint density at radius 1 is 0.762 bits per heavy atom. The molecule has 4 aromatic rings. The van der Waals surface area contributed by atoms with Crippen LogP contribution < -0.4 is 0 Å². The standard InChI is InChI=1S/C20H16O/c1-14-11-18-17-9-5-6-10-19(17)21-20(18)13-16(14)12-15-7-3-2-4-8-15/h2-11,13H,12H2,1H3. The second-order valence-electron chi connectivity index (χ2n) is 5.54. The van der Waals surface area contributed by atoms with E-state index in [0.29, 0.717) is 0 Å². The van der Waals surface area contributed by atoms with E-state index in [1.165, 1.54) is 27.5 Å². The SMILES string of the molecule is Cc1cc2c(cc1Cc1ccccc1)oc1ccccc12. The minimum Gasteiger partial charge on any atom is -0.456 e. The van der Waals surface area contributed by atoms with Crippen molar-refractivity contribution in [3.05, 3.63) is 83.4 Å². The molecule has 0 radical (unpaired) electrons. The molecule has 3 aromatic carbocycles. The number of fused-ring (bicyclic) bond motifs is 3. The zero-order valence-corrected chi connectivity index (χ0v) is 12.0. The summed E-state index contributed by atoms with van der Waals surface area (Å²) < 4.78 is 5.99. The lowest BCUT2D eigenvalue weighted by atomic mass is 9.98. The van der Waals surface area contributed by atoms with E-state index in [9.17, 15) is 0 Å². The Kier molecular flexibility index (Phi) is 2.78. The van der Waals surface area contributed by atoms with E-state index in [0.717, 1.165) is 17.6 Å². The Morgan fingerprint density at radius 3 is 2.38 bits per heavy atom. The van der Waals surface area contributed by atoms with Crippen molar-refractivity contribution in [3.63, 3.8) is 0 Å². The van der Waals surface area contributed by atoms with Crippen molar-refractivity contribution in [2.45, 2.75) is 13.3 Å². The third kappa shape index (κ3) is 2.11. The Morgan fingerprint density at radius 2 is 1.52 bits per heavy atom. The molecule has 0 spiro atoms. The zero-order chi connectivity index (χ0) is 14.2. The molecule has 1 heterocycles. The summed E-state index contributed by atoms with van der Waals surface area (Å²) in [6.45, 7) is 2.18. The number of rotatable bonds is 2. The highest BCUT2D eigenvalue weighted by Gasteiger charge is 2.09. The Balaban J connectivity index is 1.87. The average Bonchev–Trinajstić information content (AvgIpc) is 2.86. The summed E-state index contributed by atoms with van der Waals surface area (Å²) in [5.74, 6) is 0. The largest absolute Gasteiger partial charge is 0.456 e. The normalized spacial score (nSPS) is 11.3. The molecule has 102 valence electrons. The van der Waals surface area contributed by atoms with Crippen molar-refractivity contribution in [2.24, 2.45) is 0 Å². The van der Waals surface area contributed by atoms with Gasteiger partial charge in [-0.25, -0.2) is 0 Å². The summed E-state index contributed by atoms with van der Waals surface area (Å²) in [5, 5.41) is 2.40. The van der Waals surface area contributed by atoms with Gasteiger partial charge in [0.2, 0.25) is 0 Å². The molecular weight excluding hydrogens is 256 g/mol. The fraction of sp³-hybridized carbons (Fsp3) is 0.100. The molecule has 0 atom stereocenters. The van der Waals surface area contributed by atoms with Crippen molar-refractivity contribution in [1.29, 1.82) is 0 Å². The van der Waals surface area contributed by atoms with E-state index in [2.05, 4.69) is 61.5 Å². The lowest BCUT2D eigenvalue weighted by molar-refractivity contribution is 0.668. The third-order valence-electron chi connectivity index (χ3n) is 4.07. The van der Waals surface area contributed by atoms with Gasteiger partial charge in [0.05, 0.1) is 0 Å². The molecular formula is C20H16O. The topological polar surface area (TPSA) is 13.1 Å². The predicted octanol–water partition coefficient (Wildman–Crippen LogP) is 5.49. The summed E-state index contributed by atoms with van der Waals surface area (Å²) in [5.41, 5.74) is 5.92. The first-order valence-corrected chi connectivity index (χ1v) is 7.26. The maximum absolute atomic E-state index is 5.99. The molecule has 0 saturated carbocycles. The van der Waals surface area contributed by atoms with Crippen LogP contribution >= 0.6 is 0 Å². The minimum absolute atomic E-state index is 0.944. The summed E-state index contributed by atoms with van der Waals surface area (Å²) in [7, 11) is 0. The highest BCUT2D eigenvalue weighted by molar-refractivity contribution is 6.05. The van der Waals surface area contributed by atoms with Crippen molar-refractivity contribution in [1.82, 2.24) is 0 Å². The number of hydrogen-bond acceptors (Lipinski definition) is 1. The Labute approximate surface area is 123 Å². The van der Waals surface area contributed by atoms with Gasteiger partial charge in [0.25, 0.3) is 0 Å². The minimum atomic E-state index is 0.944. The van der Waals surface area contributed by atoms with Gasteiger partial charge in [-0.1, -0.05) is 48.5 Å². The summed E-state index contributed by atoms with van der Waals surface area (Å²) in [4.78, 5) is 0. The van der Waals surface area contributed by atoms with Crippen LogP contribution in [0.25, 0.3) is 21.9 Å². The van der Waals surface area contributed by atoms with Crippen LogP contribution in [-0.2, 0) is 6.42 Å². The van der Waals surface area contributed by atoms with Crippen LogP contribution in [0, 0.1) is 6.92 Å². The van der Waals surface area contributed by atoms with E-state index >= 15 is 0 Å². The van der Waals surface area contributed by atoms with Crippen molar-refractivity contribution < 1.29 is 4.42 Å². The fourth-order valence-electron chi connectivity index (χ4n) is 2.93. The van der Waals surface area contributed by atoms with E-state index in [1.54, 1.807) is 0 Å². The molecule has 1 aromatic heterocycles. The van der Waals surface area contributed by atoms with E-state index in [4.69, 9.17) is 4.42 Å². The molecule has 0 aliphatic heterocycles. The van der Waals surface area contributed by atoms with Gasteiger partial charge in [-0.15, -0.1) is 0 Å². The molecule has 0 aliphatic rings. The van der Waals surface area contributed by atoms with Gasteiger partial charge in [0.15, 0.2) is 0 Å². The van der Waals surface area contributed by atoms with Crippen LogP contribution in [0.15, 0.2) is 71.1 Å². The quantitative estimate of drug-likeness (QED) is 0.470. The summed E-state index contributed by atoms with van der Waals surface area (Å²) in [6, 6.07) is 23.2. The van der Waals surface area contributed by atoms with Crippen molar-refractivity contribution in [2.75, 3.05) is 0 Å². The molecule has 0 aliphatic carbocycles. The average molecular weight is 272 g/mol.